The molecule has 3 aromatic rings. The second-order valence-corrected chi connectivity index (χ2v) is 9.77. The van der Waals surface area contributed by atoms with Crippen molar-refractivity contribution in [1.82, 2.24) is 15.1 Å². The van der Waals surface area contributed by atoms with Crippen molar-refractivity contribution < 1.29 is 40.3 Å². The van der Waals surface area contributed by atoms with E-state index in [0.717, 1.165) is 12.1 Å². The van der Waals surface area contributed by atoms with Gasteiger partial charge in [0.25, 0.3) is 0 Å². The predicted molar refractivity (Wildman–Crippen MR) is 120 cm³/mol. The van der Waals surface area contributed by atoms with E-state index in [4.69, 9.17) is 4.74 Å². The van der Waals surface area contributed by atoms with Crippen molar-refractivity contribution in [1.29, 1.82) is 0 Å². The van der Waals surface area contributed by atoms with Crippen LogP contribution in [0.3, 0.4) is 0 Å². The lowest BCUT2D eigenvalue weighted by molar-refractivity contribution is -0.182. The predicted octanol–water partition coefficient (Wildman–Crippen LogP) is 6.90. The normalized spacial score (nSPS) is 19.3. The molecular weight excluding hydrogens is 528 g/mol. The molecule has 0 amide bonds. The zero-order valence-electron chi connectivity index (χ0n) is 19.7. The van der Waals surface area contributed by atoms with Crippen molar-refractivity contribution in [2.24, 2.45) is 5.92 Å². The number of benzene rings is 1. The molecule has 1 aliphatic carbocycles. The lowest BCUT2D eigenvalue weighted by atomic mass is 9.82. The SMILES string of the molecule is CCC(Oc1cc(OC(F)F)c(-c2noc(=O)[nH]2)cc1F)c1sc(C2CCC(C(F)(F)F)CC2)nc1C. The molecule has 2 aromatic heterocycles. The lowest BCUT2D eigenvalue weighted by Gasteiger charge is -2.28. The van der Waals surface area contributed by atoms with Gasteiger partial charge < -0.3 is 9.47 Å². The first-order valence-electron chi connectivity index (χ1n) is 11.5. The summed E-state index contributed by atoms with van der Waals surface area (Å²) in [5, 5.41) is 4.08. The number of aryl methyl sites for hydroxylation is 1. The van der Waals surface area contributed by atoms with E-state index in [0.29, 0.717) is 34.8 Å². The summed E-state index contributed by atoms with van der Waals surface area (Å²) in [6, 6.07) is 1.76. The van der Waals surface area contributed by atoms with E-state index in [9.17, 15) is 31.1 Å². The standard InChI is InChI=1S/C23H23F6N3O4S/c1-3-15(18-10(2)30-20(37-18)11-4-6-12(7-5-11)23(27,28)29)34-17-9-16(35-21(25)26)13(8-14(17)24)19-31-22(33)36-32-19/h8-9,11-12,15,21H,3-7H2,1-2H3,(H,31,32,33). The molecule has 2 heterocycles. The summed E-state index contributed by atoms with van der Waals surface area (Å²) in [6.07, 6.45) is -3.73. The molecular formula is C23H23F6N3O4S. The fraction of sp³-hybridized carbons (Fsp3) is 0.522. The van der Waals surface area contributed by atoms with E-state index in [2.05, 4.69) is 24.4 Å². The molecule has 1 aliphatic rings. The summed E-state index contributed by atoms with van der Waals surface area (Å²) in [5.74, 6) is -4.48. The Morgan fingerprint density at radius 3 is 2.43 bits per heavy atom. The average Bonchev–Trinajstić information content (AvgIpc) is 3.44. The van der Waals surface area contributed by atoms with Gasteiger partial charge in [0.15, 0.2) is 17.4 Å². The van der Waals surface area contributed by atoms with Crippen molar-refractivity contribution in [2.45, 2.75) is 70.8 Å². The van der Waals surface area contributed by atoms with Crippen molar-refractivity contribution in [3.63, 3.8) is 0 Å². The molecule has 1 aromatic carbocycles. The third-order valence-electron chi connectivity index (χ3n) is 6.27. The van der Waals surface area contributed by atoms with Crippen LogP contribution in [-0.2, 0) is 0 Å². The van der Waals surface area contributed by atoms with E-state index in [1.165, 1.54) is 11.3 Å². The highest BCUT2D eigenvalue weighted by Gasteiger charge is 2.42. The van der Waals surface area contributed by atoms with Gasteiger partial charge in [-0.15, -0.1) is 11.3 Å². The maximum absolute atomic E-state index is 15.0. The Balaban J connectivity index is 1.57. The van der Waals surface area contributed by atoms with Gasteiger partial charge in [0.1, 0.15) is 11.9 Å². The number of nitrogens with zero attached hydrogens (tertiary/aromatic N) is 2. The van der Waals surface area contributed by atoms with Gasteiger partial charge in [0.2, 0.25) is 0 Å². The Labute approximate surface area is 210 Å². The number of nitrogens with one attached hydrogen (secondary N) is 1. The highest BCUT2D eigenvalue weighted by molar-refractivity contribution is 7.11. The fourth-order valence-corrected chi connectivity index (χ4v) is 5.75. The lowest BCUT2D eigenvalue weighted by Crippen LogP contribution is -2.27. The molecule has 1 unspecified atom stereocenters. The van der Waals surface area contributed by atoms with Gasteiger partial charge in [0, 0.05) is 12.0 Å². The number of ether oxygens (including phenoxy) is 2. The van der Waals surface area contributed by atoms with Crippen LogP contribution in [-0.4, -0.2) is 27.9 Å². The molecule has 202 valence electrons. The number of aromatic amines is 1. The van der Waals surface area contributed by atoms with Crippen molar-refractivity contribution in [2.75, 3.05) is 0 Å². The third kappa shape index (κ3) is 6.11. The minimum absolute atomic E-state index is 0.0388. The van der Waals surface area contributed by atoms with Crippen molar-refractivity contribution >= 4 is 11.3 Å². The van der Waals surface area contributed by atoms with Crippen LogP contribution in [0.4, 0.5) is 26.3 Å². The second kappa shape index (κ2) is 10.8. The highest BCUT2D eigenvalue weighted by Crippen LogP contribution is 2.45. The van der Waals surface area contributed by atoms with Crippen LogP contribution < -0.4 is 15.2 Å². The van der Waals surface area contributed by atoms with Crippen molar-refractivity contribution in [3.8, 4) is 22.9 Å². The Bertz CT molecular complexity index is 1280. The number of rotatable bonds is 8. The van der Waals surface area contributed by atoms with Crippen LogP contribution in [0.2, 0.25) is 0 Å². The maximum atomic E-state index is 15.0. The number of thiazole rings is 1. The third-order valence-corrected chi connectivity index (χ3v) is 7.68. The molecule has 37 heavy (non-hydrogen) atoms. The van der Waals surface area contributed by atoms with Gasteiger partial charge in [-0.25, -0.2) is 14.2 Å². The molecule has 0 spiro atoms. The van der Waals surface area contributed by atoms with Gasteiger partial charge >= 0.3 is 18.5 Å². The first-order valence-corrected chi connectivity index (χ1v) is 12.3. The van der Waals surface area contributed by atoms with E-state index >= 15 is 0 Å². The van der Waals surface area contributed by atoms with Crippen LogP contribution in [0.1, 0.15) is 66.6 Å². The van der Waals surface area contributed by atoms with Gasteiger partial charge in [-0.2, -0.15) is 22.0 Å². The zero-order valence-corrected chi connectivity index (χ0v) is 20.5. The number of hydrogen-bond acceptors (Lipinski definition) is 7. The largest absolute Gasteiger partial charge is 0.482 e. The summed E-state index contributed by atoms with van der Waals surface area (Å²) in [5.41, 5.74) is 0.334. The Morgan fingerprint density at radius 2 is 1.86 bits per heavy atom. The number of hydrogen-bond donors (Lipinski definition) is 1. The first kappa shape index (κ1) is 27.0. The minimum atomic E-state index is -4.20. The van der Waals surface area contributed by atoms with Gasteiger partial charge in [0.05, 0.1) is 27.1 Å². The first-order chi connectivity index (χ1) is 17.5. The van der Waals surface area contributed by atoms with Crippen LogP contribution in [0, 0.1) is 18.7 Å². The monoisotopic (exact) mass is 551 g/mol. The molecule has 1 atom stereocenters. The molecule has 7 nitrogen and oxygen atoms in total. The van der Waals surface area contributed by atoms with Gasteiger partial charge in [-0.1, -0.05) is 12.1 Å². The van der Waals surface area contributed by atoms with Crippen LogP contribution in [0.25, 0.3) is 11.4 Å². The number of H-pyrrole nitrogens is 1. The molecule has 0 aliphatic heterocycles. The zero-order chi connectivity index (χ0) is 26.9. The molecule has 0 saturated heterocycles. The molecule has 4 rings (SSSR count). The van der Waals surface area contributed by atoms with E-state index in [1.54, 1.807) is 13.8 Å². The summed E-state index contributed by atoms with van der Waals surface area (Å²) in [4.78, 5) is 18.6. The summed E-state index contributed by atoms with van der Waals surface area (Å²) in [7, 11) is 0. The van der Waals surface area contributed by atoms with Crippen LogP contribution in [0.5, 0.6) is 11.5 Å². The van der Waals surface area contributed by atoms with Gasteiger partial charge in [-0.05, 0) is 45.1 Å². The summed E-state index contributed by atoms with van der Waals surface area (Å²) in [6.45, 7) is 0.256. The van der Waals surface area contributed by atoms with Crippen LogP contribution in [0.15, 0.2) is 21.5 Å². The highest BCUT2D eigenvalue weighted by atomic mass is 32.1. The summed E-state index contributed by atoms with van der Waals surface area (Å²) < 4.78 is 94.8. The quantitative estimate of drug-likeness (QED) is 0.306. The smallest absolute Gasteiger partial charge is 0.439 e. The number of alkyl halides is 5. The van der Waals surface area contributed by atoms with E-state index < -0.39 is 42.1 Å². The van der Waals surface area contributed by atoms with E-state index in [1.807, 2.05) is 0 Å². The Morgan fingerprint density at radius 1 is 1.16 bits per heavy atom. The molecule has 1 fully saturated rings. The van der Waals surface area contributed by atoms with Gasteiger partial charge in [-0.3, -0.25) is 9.51 Å². The molecule has 1 N–H and O–H groups in total. The fourth-order valence-electron chi connectivity index (χ4n) is 4.40. The topological polar surface area (TPSA) is 90.2 Å². The molecule has 1 saturated carbocycles. The van der Waals surface area contributed by atoms with Crippen LogP contribution >= 0.6 is 11.3 Å². The Kier molecular flexibility index (Phi) is 7.85. The second-order valence-electron chi connectivity index (χ2n) is 8.71. The maximum Gasteiger partial charge on any atom is 0.439 e. The number of aromatic nitrogens is 3. The number of halogens is 6. The minimum Gasteiger partial charge on any atom is -0.482 e. The molecule has 0 bridgehead atoms. The van der Waals surface area contributed by atoms with Crippen molar-refractivity contribution in [3.05, 3.63) is 44.1 Å². The molecule has 14 heteroatoms. The summed E-state index contributed by atoms with van der Waals surface area (Å²) >= 11 is 1.30. The molecule has 0 radical (unpaired) electrons. The van der Waals surface area contributed by atoms with E-state index in [-0.39, 0.29) is 35.9 Å². The Hall–Kier alpha value is -3.03. The average molecular weight is 552 g/mol.